The molecule has 5 aliphatic rings. The first-order chi connectivity index (χ1) is 20.5. The summed E-state index contributed by atoms with van der Waals surface area (Å²) in [5, 5.41) is 13.7. The number of fused-ring (bicyclic) bond motifs is 1. The van der Waals surface area contributed by atoms with Crippen LogP contribution in [0.15, 0.2) is 24.3 Å². The van der Waals surface area contributed by atoms with Gasteiger partial charge in [-0.3, -0.25) is 4.90 Å². The summed E-state index contributed by atoms with van der Waals surface area (Å²) in [5.41, 5.74) is 18.2. The largest absolute Gasteiger partial charge is 0.507 e. The number of phenols is 1. The van der Waals surface area contributed by atoms with Crippen LogP contribution < -0.4 is 16.8 Å². The number of aromatic amines is 1. The first-order valence-electron chi connectivity index (χ1n) is 16.6. The van der Waals surface area contributed by atoms with Gasteiger partial charge in [-0.05, 0) is 99.8 Å². The van der Waals surface area contributed by atoms with E-state index < -0.39 is 0 Å². The van der Waals surface area contributed by atoms with Gasteiger partial charge >= 0.3 is 0 Å². The molecule has 5 heterocycles. The van der Waals surface area contributed by atoms with Gasteiger partial charge in [-0.2, -0.15) is 0 Å². The molecule has 0 amide bonds. The minimum Gasteiger partial charge on any atom is -0.507 e. The Balaban J connectivity index is 0.00000155. The molecule has 1 aromatic heterocycles. The van der Waals surface area contributed by atoms with Gasteiger partial charge < -0.3 is 36.7 Å². The van der Waals surface area contributed by atoms with Crippen molar-refractivity contribution < 1.29 is 5.11 Å². The molecule has 4 aliphatic heterocycles. The molecule has 3 saturated heterocycles. The summed E-state index contributed by atoms with van der Waals surface area (Å²) in [5.74, 6) is 1.81. The van der Waals surface area contributed by atoms with Crippen molar-refractivity contribution in [2.45, 2.75) is 77.4 Å². The van der Waals surface area contributed by atoms with E-state index in [-0.39, 0.29) is 5.75 Å². The second-order valence-corrected chi connectivity index (χ2v) is 13.4. The molecule has 1 aliphatic carbocycles. The third-order valence-electron chi connectivity index (χ3n) is 10.8. The highest BCUT2D eigenvalue weighted by atomic mass is 16.3. The van der Waals surface area contributed by atoms with Crippen LogP contribution in [-0.2, 0) is 13.0 Å². The Morgan fingerprint density at radius 2 is 1.64 bits per heavy atom. The normalized spacial score (nSPS) is 24.5. The van der Waals surface area contributed by atoms with Gasteiger partial charge in [0, 0.05) is 73.7 Å². The molecule has 4 fully saturated rings. The lowest BCUT2D eigenvalue weighted by atomic mass is 9.58. The number of rotatable bonds is 6. The van der Waals surface area contributed by atoms with E-state index in [1.807, 2.05) is 38.1 Å². The number of hydrogen-bond acceptors (Lipinski definition) is 7. The minimum atomic E-state index is 0.191. The van der Waals surface area contributed by atoms with E-state index in [0.717, 1.165) is 37.0 Å². The number of nitrogens with two attached hydrogens (primary N) is 2. The Morgan fingerprint density at radius 3 is 2.31 bits per heavy atom. The van der Waals surface area contributed by atoms with Gasteiger partial charge in [0.2, 0.25) is 0 Å². The minimum absolute atomic E-state index is 0.191. The number of phenolic OH excluding ortho intramolecular Hbond substituents is 1. The van der Waals surface area contributed by atoms with Crippen molar-refractivity contribution in [1.82, 2.24) is 25.0 Å². The number of benzene rings is 1. The standard InChI is InChI=1S/C32H47N7O.C2H6/c33-28(25-3-1-2-4-30(25)40)15-26-27-19-39(14-9-29(27)36-31(26)34)24-7-12-38(13-8-24)23-5-10-37(11-6-23)18-22-16-32(17-22)20-35-21-32;1-2/h1-4,15,22-24,35-36,40H,5-14,16-21,33-34H2;1-2H3/b28-15-;. The second-order valence-electron chi connectivity index (χ2n) is 13.4. The van der Waals surface area contributed by atoms with Crippen LogP contribution in [0, 0.1) is 11.3 Å². The fourth-order valence-electron chi connectivity index (χ4n) is 8.50. The predicted octanol–water partition coefficient (Wildman–Crippen LogP) is 4.07. The van der Waals surface area contributed by atoms with Crippen molar-refractivity contribution in [2.24, 2.45) is 17.1 Å². The van der Waals surface area contributed by atoms with Crippen molar-refractivity contribution in [1.29, 1.82) is 0 Å². The number of nitrogens with zero attached hydrogens (tertiary/aromatic N) is 3. The number of likely N-dealkylation sites (tertiary alicyclic amines) is 2. The number of H-pyrrole nitrogens is 1. The number of hydrogen-bond donors (Lipinski definition) is 5. The number of nitrogen functional groups attached to an aromatic ring is 1. The van der Waals surface area contributed by atoms with Crippen molar-refractivity contribution in [3.05, 3.63) is 46.6 Å². The zero-order valence-corrected chi connectivity index (χ0v) is 25.9. The topological polar surface area (TPSA) is 110 Å². The summed E-state index contributed by atoms with van der Waals surface area (Å²) in [4.78, 5) is 11.7. The molecular formula is C34H53N7O. The Bertz CT molecular complexity index is 1230. The van der Waals surface area contributed by atoms with Gasteiger partial charge in [-0.25, -0.2) is 0 Å². The zero-order chi connectivity index (χ0) is 29.3. The summed E-state index contributed by atoms with van der Waals surface area (Å²) in [6, 6.07) is 8.60. The van der Waals surface area contributed by atoms with Crippen molar-refractivity contribution in [2.75, 3.05) is 58.1 Å². The Hall–Kier alpha value is -2.52. The average Bonchev–Trinajstić information content (AvgIpc) is 3.29. The molecular weight excluding hydrogens is 522 g/mol. The highest BCUT2D eigenvalue weighted by molar-refractivity contribution is 5.86. The number of nitrogens with one attached hydrogen (secondary N) is 2. The van der Waals surface area contributed by atoms with E-state index in [2.05, 4.69) is 25.0 Å². The van der Waals surface area contributed by atoms with E-state index in [9.17, 15) is 5.11 Å². The summed E-state index contributed by atoms with van der Waals surface area (Å²) in [6.07, 6.45) is 11.0. The molecule has 0 unspecified atom stereocenters. The summed E-state index contributed by atoms with van der Waals surface area (Å²) in [7, 11) is 0. The van der Waals surface area contributed by atoms with Gasteiger partial charge in [-0.1, -0.05) is 26.0 Å². The van der Waals surface area contributed by atoms with Gasteiger partial charge in [0.1, 0.15) is 11.6 Å². The Morgan fingerprint density at radius 1 is 0.976 bits per heavy atom. The van der Waals surface area contributed by atoms with Crippen LogP contribution in [0.1, 0.15) is 74.8 Å². The quantitative estimate of drug-likeness (QED) is 0.353. The van der Waals surface area contributed by atoms with Crippen LogP contribution in [0.2, 0.25) is 0 Å². The lowest BCUT2D eigenvalue weighted by Gasteiger charge is -2.55. The van der Waals surface area contributed by atoms with Crippen LogP contribution in [0.25, 0.3) is 11.8 Å². The maximum atomic E-state index is 10.3. The number of para-hydroxylation sites is 1. The van der Waals surface area contributed by atoms with Crippen LogP contribution in [0.5, 0.6) is 5.75 Å². The smallest absolute Gasteiger partial charge is 0.124 e. The molecule has 8 nitrogen and oxygen atoms in total. The molecule has 1 spiro atoms. The molecule has 1 saturated carbocycles. The van der Waals surface area contributed by atoms with Gasteiger partial charge in [0.15, 0.2) is 0 Å². The fourth-order valence-corrected chi connectivity index (χ4v) is 8.50. The molecule has 2 aromatic rings. The summed E-state index contributed by atoms with van der Waals surface area (Å²) in [6.45, 7) is 14.9. The van der Waals surface area contributed by atoms with E-state index in [1.165, 1.54) is 95.6 Å². The van der Waals surface area contributed by atoms with E-state index >= 15 is 0 Å². The van der Waals surface area contributed by atoms with Crippen LogP contribution in [0.3, 0.4) is 0 Å². The van der Waals surface area contributed by atoms with Crippen LogP contribution in [-0.4, -0.2) is 89.2 Å². The van der Waals surface area contributed by atoms with Gasteiger partial charge in [-0.15, -0.1) is 0 Å². The Kier molecular flexibility index (Phi) is 8.87. The zero-order valence-electron chi connectivity index (χ0n) is 25.9. The van der Waals surface area contributed by atoms with Crippen LogP contribution >= 0.6 is 0 Å². The highest BCUT2D eigenvalue weighted by Crippen LogP contribution is 2.48. The number of anilines is 1. The lowest BCUT2D eigenvalue weighted by molar-refractivity contribution is -0.0232. The fraction of sp³-hybridized carbons (Fsp3) is 0.647. The maximum Gasteiger partial charge on any atom is 0.124 e. The number of aromatic nitrogens is 1. The Labute approximate surface area is 252 Å². The predicted molar refractivity (Wildman–Crippen MR) is 173 cm³/mol. The molecule has 0 atom stereocenters. The van der Waals surface area contributed by atoms with Crippen molar-refractivity contribution in [3.63, 3.8) is 0 Å². The molecule has 7 rings (SSSR count). The number of aromatic hydroxyl groups is 1. The number of piperidine rings is 2. The SMILES string of the molecule is CC.N/C(=C\c1c(N)[nH]c2c1CN(C1CCN(C3CCN(CC4CC5(CNC5)C4)CC3)CC1)CC2)c1ccccc1O. The van der Waals surface area contributed by atoms with Crippen molar-refractivity contribution >= 4 is 17.6 Å². The average molecular weight is 576 g/mol. The summed E-state index contributed by atoms with van der Waals surface area (Å²) < 4.78 is 0. The third-order valence-corrected chi connectivity index (χ3v) is 10.8. The highest BCUT2D eigenvalue weighted by Gasteiger charge is 2.48. The van der Waals surface area contributed by atoms with Crippen molar-refractivity contribution in [3.8, 4) is 5.75 Å². The van der Waals surface area contributed by atoms with E-state index in [4.69, 9.17) is 11.5 Å². The summed E-state index contributed by atoms with van der Waals surface area (Å²) >= 11 is 0. The maximum absolute atomic E-state index is 10.3. The molecule has 1 aromatic carbocycles. The van der Waals surface area contributed by atoms with Gasteiger partial charge in [0.05, 0.1) is 0 Å². The molecule has 8 heteroatoms. The molecule has 0 bridgehead atoms. The third kappa shape index (κ3) is 5.96. The van der Waals surface area contributed by atoms with E-state index in [1.54, 1.807) is 6.07 Å². The molecule has 7 N–H and O–H groups in total. The first kappa shape index (κ1) is 29.5. The molecule has 0 radical (unpaired) electrons. The van der Waals surface area contributed by atoms with Gasteiger partial charge in [0.25, 0.3) is 0 Å². The monoisotopic (exact) mass is 575 g/mol. The van der Waals surface area contributed by atoms with E-state index in [0.29, 0.717) is 28.5 Å². The second kappa shape index (κ2) is 12.6. The van der Waals surface area contributed by atoms with Crippen LogP contribution in [0.4, 0.5) is 5.82 Å². The molecule has 230 valence electrons. The first-order valence-corrected chi connectivity index (χ1v) is 16.6. The lowest BCUT2D eigenvalue weighted by Crippen LogP contribution is -2.61. The molecule has 42 heavy (non-hydrogen) atoms.